The maximum absolute atomic E-state index is 6.12. The van der Waals surface area contributed by atoms with Crippen LogP contribution in [0.25, 0.3) is 0 Å². The molecule has 4 nitrogen and oxygen atoms in total. The molecule has 0 spiro atoms. The van der Waals surface area contributed by atoms with Gasteiger partial charge in [-0.3, -0.25) is 4.99 Å². The first-order valence-electron chi connectivity index (χ1n) is 7.31. The maximum Gasteiger partial charge on any atom is 0.191 e. The van der Waals surface area contributed by atoms with E-state index in [-0.39, 0.29) is 0 Å². The van der Waals surface area contributed by atoms with Gasteiger partial charge < -0.3 is 15.4 Å². The van der Waals surface area contributed by atoms with Crippen LogP contribution in [0.5, 0.6) is 0 Å². The van der Waals surface area contributed by atoms with Gasteiger partial charge in [-0.15, -0.1) is 0 Å². The Labute approximate surface area is 111 Å². The van der Waals surface area contributed by atoms with Crippen molar-refractivity contribution in [2.75, 3.05) is 20.3 Å². The molecule has 2 unspecified atom stereocenters. The van der Waals surface area contributed by atoms with E-state index in [1.54, 1.807) is 7.11 Å². The van der Waals surface area contributed by atoms with Gasteiger partial charge in [-0.1, -0.05) is 32.6 Å². The molecule has 1 aliphatic heterocycles. The molecular formula is C14H27N3O. The molecule has 0 amide bonds. The minimum atomic E-state index is 0.438. The number of ether oxygens (including phenoxy) is 1. The van der Waals surface area contributed by atoms with Crippen molar-refractivity contribution in [2.24, 2.45) is 16.6 Å². The lowest BCUT2D eigenvalue weighted by Crippen LogP contribution is -2.50. The fourth-order valence-corrected chi connectivity index (χ4v) is 3.35. The van der Waals surface area contributed by atoms with Crippen molar-refractivity contribution in [3.63, 3.8) is 0 Å². The Morgan fingerprint density at radius 3 is 2.61 bits per heavy atom. The Kier molecular flexibility index (Phi) is 4.87. The molecule has 1 saturated carbocycles. The first-order chi connectivity index (χ1) is 8.74. The van der Waals surface area contributed by atoms with Gasteiger partial charge in [0.1, 0.15) is 0 Å². The number of methoxy groups -OCH3 is 1. The van der Waals surface area contributed by atoms with Crippen LogP contribution in [0.4, 0.5) is 0 Å². The summed E-state index contributed by atoms with van der Waals surface area (Å²) < 4.78 is 5.29. The van der Waals surface area contributed by atoms with Gasteiger partial charge in [-0.05, 0) is 12.8 Å². The fraction of sp³-hybridized carbons (Fsp3) is 0.929. The van der Waals surface area contributed by atoms with Crippen LogP contribution in [0, 0.1) is 5.92 Å². The van der Waals surface area contributed by atoms with E-state index in [1.807, 2.05) is 0 Å². The number of aliphatic imine (C=N–C) groups is 1. The van der Waals surface area contributed by atoms with E-state index in [0.29, 0.717) is 18.0 Å². The zero-order valence-electron chi connectivity index (χ0n) is 11.8. The molecule has 1 fully saturated rings. The van der Waals surface area contributed by atoms with Crippen molar-refractivity contribution in [3.05, 3.63) is 0 Å². The number of hydrogen-bond acceptors (Lipinski definition) is 4. The monoisotopic (exact) mass is 253 g/mol. The number of nitrogens with zero attached hydrogens (tertiary/aromatic N) is 2. The Morgan fingerprint density at radius 1 is 1.33 bits per heavy atom. The summed E-state index contributed by atoms with van der Waals surface area (Å²) in [5.41, 5.74) is 6.12. The molecule has 104 valence electrons. The summed E-state index contributed by atoms with van der Waals surface area (Å²) in [5.74, 6) is 1.25. The number of guanidine groups is 1. The molecule has 2 atom stereocenters. The zero-order chi connectivity index (χ0) is 13.0. The van der Waals surface area contributed by atoms with Crippen molar-refractivity contribution in [2.45, 2.75) is 57.5 Å². The Hall–Kier alpha value is -0.770. The third-order valence-electron chi connectivity index (χ3n) is 4.37. The predicted molar refractivity (Wildman–Crippen MR) is 74.6 cm³/mol. The van der Waals surface area contributed by atoms with Crippen molar-refractivity contribution in [1.82, 2.24) is 4.90 Å². The number of nitrogens with two attached hydrogens (primary N) is 1. The molecule has 2 aliphatic rings. The van der Waals surface area contributed by atoms with Crippen molar-refractivity contribution >= 4 is 5.96 Å². The SMILES string of the molecule is COCC(C)C1CN=C(N)N1C1CCCCCC1. The van der Waals surface area contributed by atoms with Gasteiger partial charge in [0, 0.05) is 19.1 Å². The first kappa shape index (κ1) is 13.7. The standard InChI is InChI=1S/C14H27N3O/c1-11(10-18-2)13-9-16-14(15)17(13)12-7-5-3-4-6-8-12/h11-13H,3-10H2,1-2H3,(H2,15,16). The van der Waals surface area contributed by atoms with Gasteiger partial charge >= 0.3 is 0 Å². The van der Waals surface area contributed by atoms with Crippen LogP contribution in [-0.2, 0) is 4.74 Å². The first-order valence-corrected chi connectivity index (χ1v) is 7.31. The Bertz CT molecular complexity index is 285. The summed E-state index contributed by atoms with van der Waals surface area (Å²) in [5, 5.41) is 0. The molecule has 0 saturated heterocycles. The van der Waals surface area contributed by atoms with Gasteiger partial charge in [-0.25, -0.2) is 0 Å². The Morgan fingerprint density at radius 2 is 2.00 bits per heavy atom. The lowest BCUT2D eigenvalue weighted by atomic mass is 9.98. The van der Waals surface area contributed by atoms with Crippen LogP contribution in [0.3, 0.4) is 0 Å². The second-order valence-electron chi connectivity index (χ2n) is 5.75. The van der Waals surface area contributed by atoms with Gasteiger partial charge in [-0.2, -0.15) is 0 Å². The van der Waals surface area contributed by atoms with Crippen molar-refractivity contribution < 1.29 is 4.74 Å². The molecule has 2 rings (SSSR count). The highest BCUT2D eigenvalue weighted by atomic mass is 16.5. The third kappa shape index (κ3) is 2.97. The second-order valence-corrected chi connectivity index (χ2v) is 5.75. The molecule has 0 aromatic carbocycles. The molecular weight excluding hydrogens is 226 g/mol. The topological polar surface area (TPSA) is 50.9 Å². The summed E-state index contributed by atoms with van der Waals surface area (Å²) in [7, 11) is 1.77. The summed E-state index contributed by atoms with van der Waals surface area (Å²) >= 11 is 0. The summed E-state index contributed by atoms with van der Waals surface area (Å²) in [6.07, 6.45) is 7.96. The van der Waals surface area contributed by atoms with Crippen molar-refractivity contribution in [3.8, 4) is 0 Å². The maximum atomic E-state index is 6.12. The van der Waals surface area contributed by atoms with E-state index in [0.717, 1.165) is 19.1 Å². The summed E-state index contributed by atoms with van der Waals surface area (Å²) in [4.78, 5) is 6.87. The van der Waals surface area contributed by atoms with Crippen LogP contribution in [0.15, 0.2) is 4.99 Å². The third-order valence-corrected chi connectivity index (χ3v) is 4.37. The average molecular weight is 253 g/mol. The lowest BCUT2D eigenvalue weighted by molar-refractivity contribution is 0.103. The van der Waals surface area contributed by atoms with Gasteiger partial charge in [0.15, 0.2) is 5.96 Å². The quantitative estimate of drug-likeness (QED) is 0.780. The average Bonchev–Trinajstić information content (AvgIpc) is 2.58. The molecule has 1 heterocycles. The number of rotatable bonds is 4. The van der Waals surface area contributed by atoms with E-state index in [4.69, 9.17) is 10.5 Å². The smallest absolute Gasteiger partial charge is 0.191 e. The highest BCUT2D eigenvalue weighted by Crippen LogP contribution is 2.28. The normalized spacial score (nSPS) is 28.0. The van der Waals surface area contributed by atoms with E-state index in [9.17, 15) is 0 Å². The molecule has 0 radical (unpaired) electrons. The second kappa shape index (κ2) is 6.41. The summed E-state index contributed by atoms with van der Waals surface area (Å²) in [6.45, 7) is 3.87. The van der Waals surface area contributed by atoms with Crippen LogP contribution in [0.1, 0.15) is 45.4 Å². The van der Waals surface area contributed by atoms with Crippen LogP contribution in [-0.4, -0.2) is 43.2 Å². The molecule has 2 N–H and O–H groups in total. The molecule has 18 heavy (non-hydrogen) atoms. The molecule has 0 aromatic heterocycles. The predicted octanol–water partition coefficient (Wildman–Crippen LogP) is 1.99. The van der Waals surface area contributed by atoms with Gasteiger partial charge in [0.25, 0.3) is 0 Å². The van der Waals surface area contributed by atoms with Crippen LogP contribution in [0.2, 0.25) is 0 Å². The van der Waals surface area contributed by atoms with Gasteiger partial charge in [0.2, 0.25) is 0 Å². The highest BCUT2D eigenvalue weighted by Gasteiger charge is 2.35. The largest absolute Gasteiger partial charge is 0.384 e. The molecule has 0 aromatic rings. The van der Waals surface area contributed by atoms with E-state index < -0.39 is 0 Å². The van der Waals surface area contributed by atoms with Gasteiger partial charge in [0.05, 0.1) is 19.2 Å². The minimum Gasteiger partial charge on any atom is -0.384 e. The Balaban J connectivity index is 2.03. The molecule has 4 heteroatoms. The zero-order valence-corrected chi connectivity index (χ0v) is 11.8. The molecule has 1 aliphatic carbocycles. The highest BCUT2D eigenvalue weighted by molar-refractivity contribution is 5.80. The van der Waals surface area contributed by atoms with E-state index in [2.05, 4.69) is 16.8 Å². The number of hydrogen-bond donors (Lipinski definition) is 1. The van der Waals surface area contributed by atoms with Crippen molar-refractivity contribution in [1.29, 1.82) is 0 Å². The molecule has 0 bridgehead atoms. The minimum absolute atomic E-state index is 0.438. The van der Waals surface area contributed by atoms with E-state index in [1.165, 1.54) is 38.5 Å². The fourth-order valence-electron chi connectivity index (χ4n) is 3.35. The lowest BCUT2D eigenvalue weighted by Gasteiger charge is -2.36. The van der Waals surface area contributed by atoms with Crippen LogP contribution >= 0.6 is 0 Å². The van der Waals surface area contributed by atoms with E-state index >= 15 is 0 Å². The summed E-state index contributed by atoms with van der Waals surface area (Å²) in [6, 6.07) is 1.04. The van der Waals surface area contributed by atoms with Crippen LogP contribution < -0.4 is 5.73 Å².